The van der Waals surface area contributed by atoms with Crippen molar-refractivity contribution in [1.82, 2.24) is 10.3 Å². The Morgan fingerprint density at radius 2 is 1.78 bits per heavy atom. The van der Waals surface area contributed by atoms with Gasteiger partial charge in [-0.05, 0) is 36.4 Å². The quantitative estimate of drug-likeness (QED) is 0.500. The van der Waals surface area contributed by atoms with E-state index in [0.717, 1.165) is 5.39 Å². The van der Waals surface area contributed by atoms with E-state index in [9.17, 15) is 9.59 Å². The second-order valence-electron chi connectivity index (χ2n) is 5.62. The number of rotatable bonds is 7. The van der Waals surface area contributed by atoms with E-state index >= 15 is 0 Å². The molecule has 3 aromatic rings. The highest BCUT2D eigenvalue weighted by molar-refractivity contribution is 6.30. The van der Waals surface area contributed by atoms with Crippen LogP contribution >= 0.6 is 11.6 Å². The van der Waals surface area contributed by atoms with Crippen LogP contribution in [0.1, 0.15) is 10.5 Å². The monoisotopic (exact) mass is 384 g/mol. The molecule has 2 aromatic carbocycles. The van der Waals surface area contributed by atoms with Gasteiger partial charge in [-0.25, -0.2) is 9.78 Å². The van der Waals surface area contributed by atoms with Gasteiger partial charge in [0.1, 0.15) is 18.1 Å². The zero-order valence-corrected chi connectivity index (χ0v) is 15.1. The highest BCUT2D eigenvalue weighted by Gasteiger charge is 2.12. The Labute approximate surface area is 161 Å². The van der Waals surface area contributed by atoms with E-state index in [1.165, 1.54) is 0 Å². The maximum absolute atomic E-state index is 12.0. The summed E-state index contributed by atoms with van der Waals surface area (Å²) in [5.74, 6) is -0.403. The number of esters is 1. The number of benzene rings is 2. The van der Waals surface area contributed by atoms with E-state index in [1.807, 2.05) is 18.2 Å². The number of ether oxygens (including phenoxy) is 2. The van der Waals surface area contributed by atoms with Crippen molar-refractivity contribution in [3.8, 4) is 5.75 Å². The lowest BCUT2D eigenvalue weighted by atomic mass is 10.2. The number of aromatic nitrogens is 1. The molecule has 0 aliphatic rings. The lowest BCUT2D eigenvalue weighted by Gasteiger charge is -2.08. The van der Waals surface area contributed by atoms with Crippen LogP contribution in [0.4, 0.5) is 0 Å². The van der Waals surface area contributed by atoms with Crippen molar-refractivity contribution in [2.45, 2.75) is 0 Å². The van der Waals surface area contributed by atoms with Gasteiger partial charge in [-0.3, -0.25) is 4.79 Å². The Bertz CT molecular complexity index is 944. The first-order valence-electron chi connectivity index (χ1n) is 8.30. The van der Waals surface area contributed by atoms with Gasteiger partial charge in [0.25, 0.3) is 5.91 Å². The molecule has 0 radical (unpaired) electrons. The van der Waals surface area contributed by atoms with Gasteiger partial charge in [0, 0.05) is 10.4 Å². The number of para-hydroxylation sites is 1. The third kappa shape index (κ3) is 5.43. The summed E-state index contributed by atoms with van der Waals surface area (Å²) in [4.78, 5) is 28.0. The van der Waals surface area contributed by atoms with E-state index in [2.05, 4.69) is 10.3 Å². The molecule has 1 N–H and O–H groups in total. The third-order valence-electron chi connectivity index (χ3n) is 3.65. The first-order chi connectivity index (χ1) is 13.1. The maximum atomic E-state index is 12.0. The molecule has 0 bridgehead atoms. The minimum Gasteiger partial charge on any atom is -0.492 e. The number of amides is 1. The summed E-state index contributed by atoms with van der Waals surface area (Å²) >= 11 is 5.79. The number of nitrogens with one attached hydrogen (secondary N) is 1. The van der Waals surface area contributed by atoms with Crippen molar-refractivity contribution in [3.05, 3.63) is 71.4 Å². The molecule has 0 aliphatic carbocycles. The zero-order valence-electron chi connectivity index (χ0n) is 14.4. The van der Waals surface area contributed by atoms with Crippen LogP contribution in [-0.4, -0.2) is 36.6 Å². The molecule has 27 heavy (non-hydrogen) atoms. The van der Waals surface area contributed by atoms with Gasteiger partial charge in [-0.15, -0.1) is 0 Å². The van der Waals surface area contributed by atoms with Crippen LogP contribution in [0.2, 0.25) is 5.02 Å². The molecule has 1 heterocycles. The minimum atomic E-state index is -0.645. The average molecular weight is 385 g/mol. The summed E-state index contributed by atoms with van der Waals surface area (Å²) in [5, 5.41) is 4.16. The zero-order chi connectivity index (χ0) is 19.1. The molecule has 138 valence electrons. The Morgan fingerprint density at radius 3 is 2.59 bits per heavy atom. The summed E-state index contributed by atoms with van der Waals surface area (Å²) in [7, 11) is 0. The molecule has 0 unspecified atom stereocenters. The molecule has 0 spiro atoms. The second-order valence-corrected chi connectivity index (χ2v) is 6.05. The van der Waals surface area contributed by atoms with Crippen molar-refractivity contribution < 1.29 is 19.1 Å². The number of hydrogen-bond acceptors (Lipinski definition) is 5. The molecule has 0 atom stereocenters. The fraction of sp³-hybridized carbons (Fsp3) is 0.150. The molecule has 1 aromatic heterocycles. The van der Waals surface area contributed by atoms with E-state index in [-0.39, 0.29) is 25.5 Å². The Kier molecular flexibility index (Phi) is 6.22. The lowest BCUT2D eigenvalue weighted by Crippen LogP contribution is -2.32. The van der Waals surface area contributed by atoms with Gasteiger partial charge in [-0.2, -0.15) is 0 Å². The fourth-order valence-electron chi connectivity index (χ4n) is 2.33. The van der Waals surface area contributed by atoms with Crippen LogP contribution in [0.15, 0.2) is 60.7 Å². The van der Waals surface area contributed by atoms with Gasteiger partial charge < -0.3 is 14.8 Å². The van der Waals surface area contributed by atoms with Crippen LogP contribution in [0.5, 0.6) is 5.75 Å². The predicted octanol–water partition coefficient (Wildman–Crippen LogP) is 3.24. The standard InChI is InChI=1S/C20H17ClN2O4/c21-15-6-8-16(9-7-15)26-12-11-22-19(24)13-27-20(25)18-10-5-14-3-1-2-4-17(14)23-18/h1-10H,11-13H2,(H,22,24). The molecule has 1 amide bonds. The minimum absolute atomic E-state index is 0.160. The fourth-order valence-corrected chi connectivity index (χ4v) is 2.45. The molecule has 0 saturated heterocycles. The molecule has 3 rings (SSSR count). The van der Waals surface area contributed by atoms with Crippen LogP contribution < -0.4 is 10.1 Å². The van der Waals surface area contributed by atoms with Gasteiger partial charge >= 0.3 is 5.97 Å². The van der Waals surface area contributed by atoms with Crippen molar-refractivity contribution >= 4 is 34.4 Å². The van der Waals surface area contributed by atoms with Gasteiger partial charge in [0.2, 0.25) is 0 Å². The molecule has 7 heteroatoms. The summed E-state index contributed by atoms with van der Waals surface area (Å²) < 4.78 is 10.5. The summed E-state index contributed by atoms with van der Waals surface area (Å²) in [6.07, 6.45) is 0. The number of carbonyl (C=O) groups excluding carboxylic acids is 2. The number of hydrogen-bond donors (Lipinski definition) is 1. The van der Waals surface area contributed by atoms with Crippen LogP contribution in [0, 0.1) is 0 Å². The number of halogens is 1. The summed E-state index contributed by atoms with van der Waals surface area (Å²) in [6.45, 7) is 0.190. The smallest absolute Gasteiger partial charge is 0.357 e. The van der Waals surface area contributed by atoms with E-state index < -0.39 is 11.9 Å². The van der Waals surface area contributed by atoms with Crippen molar-refractivity contribution in [1.29, 1.82) is 0 Å². The second kappa shape index (κ2) is 9.00. The van der Waals surface area contributed by atoms with Crippen LogP contribution in [0.3, 0.4) is 0 Å². The predicted molar refractivity (Wildman–Crippen MR) is 102 cm³/mol. The topological polar surface area (TPSA) is 77.5 Å². The summed E-state index contributed by atoms with van der Waals surface area (Å²) in [6, 6.07) is 17.7. The number of nitrogens with zero attached hydrogens (tertiary/aromatic N) is 1. The third-order valence-corrected chi connectivity index (χ3v) is 3.90. The highest BCUT2D eigenvalue weighted by atomic mass is 35.5. The average Bonchev–Trinajstić information content (AvgIpc) is 2.70. The van der Waals surface area contributed by atoms with E-state index in [1.54, 1.807) is 42.5 Å². The number of pyridine rings is 1. The molecule has 0 aliphatic heterocycles. The molecule has 6 nitrogen and oxygen atoms in total. The van der Waals surface area contributed by atoms with E-state index in [4.69, 9.17) is 21.1 Å². The first-order valence-corrected chi connectivity index (χ1v) is 8.67. The Balaban J connectivity index is 1.40. The van der Waals surface area contributed by atoms with Crippen molar-refractivity contribution in [2.75, 3.05) is 19.8 Å². The van der Waals surface area contributed by atoms with Crippen LogP contribution in [-0.2, 0) is 9.53 Å². The Hall–Kier alpha value is -3.12. The molecule has 0 fully saturated rings. The van der Waals surface area contributed by atoms with Crippen molar-refractivity contribution in [2.24, 2.45) is 0 Å². The SMILES string of the molecule is O=C(COC(=O)c1ccc2ccccc2n1)NCCOc1ccc(Cl)cc1. The Morgan fingerprint density at radius 1 is 1.00 bits per heavy atom. The number of carbonyl (C=O) groups is 2. The largest absolute Gasteiger partial charge is 0.492 e. The van der Waals surface area contributed by atoms with Gasteiger partial charge in [0.05, 0.1) is 12.1 Å². The van der Waals surface area contributed by atoms with Gasteiger partial charge in [-0.1, -0.05) is 35.9 Å². The van der Waals surface area contributed by atoms with Crippen LogP contribution in [0.25, 0.3) is 10.9 Å². The normalized spacial score (nSPS) is 10.4. The highest BCUT2D eigenvalue weighted by Crippen LogP contribution is 2.15. The first kappa shape index (κ1) is 18.7. The summed E-state index contributed by atoms with van der Waals surface area (Å²) in [5.41, 5.74) is 0.850. The van der Waals surface area contributed by atoms with E-state index in [0.29, 0.717) is 16.3 Å². The molecular formula is C20H17ClN2O4. The molecular weight excluding hydrogens is 368 g/mol. The maximum Gasteiger partial charge on any atom is 0.357 e. The lowest BCUT2D eigenvalue weighted by molar-refractivity contribution is -0.124. The molecule has 0 saturated carbocycles. The van der Waals surface area contributed by atoms with Gasteiger partial charge in [0.15, 0.2) is 6.61 Å². The van der Waals surface area contributed by atoms with Crippen molar-refractivity contribution in [3.63, 3.8) is 0 Å². The number of fused-ring (bicyclic) bond motifs is 1.